The highest BCUT2D eigenvalue weighted by Gasteiger charge is 2.55. The van der Waals surface area contributed by atoms with Gasteiger partial charge in [0.1, 0.15) is 0 Å². The molecule has 0 aromatic carbocycles. The molecule has 0 aliphatic heterocycles. The van der Waals surface area contributed by atoms with E-state index in [1.807, 2.05) is 6.20 Å². The summed E-state index contributed by atoms with van der Waals surface area (Å²) in [4.78, 5) is 4.55. The van der Waals surface area contributed by atoms with Gasteiger partial charge in [-0.15, -0.1) is 0 Å². The summed E-state index contributed by atoms with van der Waals surface area (Å²) in [7, 11) is 0. The van der Waals surface area contributed by atoms with E-state index < -0.39 is 0 Å². The summed E-state index contributed by atoms with van der Waals surface area (Å²) >= 11 is 0. The van der Waals surface area contributed by atoms with Gasteiger partial charge in [0.05, 0.1) is 11.8 Å². The van der Waals surface area contributed by atoms with Crippen LogP contribution in [0.15, 0.2) is 36.1 Å². The number of nitrogens with zero attached hydrogens (tertiary/aromatic N) is 1. The quantitative estimate of drug-likeness (QED) is 0.785. The number of hydrogen-bond donors (Lipinski definition) is 1. The minimum absolute atomic E-state index is 0.0879. The lowest BCUT2D eigenvalue weighted by Gasteiger charge is -2.51. The van der Waals surface area contributed by atoms with Crippen LogP contribution >= 0.6 is 0 Å². The lowest BCUT2D eigenvalue weighted by atomic mass is 9.54. The molecule has 1 N–H and O–H groups in total. The lowest BCUT2D eigenvalue weighted by Crippen LogP contribution is -2.46. The number of fused-ring (bicyclic) bond motifs is 6. The third-order valence-corrected chi connectivity index (χ3v) is 7.46. The molecular weight excluding hydrogens is 282 g/mol. The SMILES string of the molecule is C[C@]12CC[C@H]3[C@@H](C=CC4=Cc5ncccc5C[C@@H]43)[C@@H]1CC[C@@H]2O. The van der Waals surface area contributed by atoms with Crippen molar-refractivity contribution in [3.05, 3.63) is 47.3 Å². The van der Waals surface area contributed by atoms with Gasteiger partial charge in [-0.1, -0.05) is 25.1 Å². The van der Waals surface area contributed by atoms with E-state index in [-0.39, 0.29) is 11.5 Å². The summed E-state index contributed by atoms with van der Waals surface area (Å²) in [6.07, 6.45) is 14.8. The van der Waals surface area contributed by atoms with Gasteiger partial charge in [-0.25, -0.2) is 0 Å². The van der Waals surface area contributed by atoms with Gasteiger partial charge in [0.2, 0.25) is 0 Å². The van der Waals surface area contributed by atoms with Crippen molar-refractivity contribution in [1.82, 2.24) is 4.98 Å². The van der Waals surface area contributed by atoms with Crippen molar-refractivity contribution >= 4 is 6.08 Å². The highest BCUT2D eigenvalue weighted by atomic mass is 16.3. The molecule has 6 atom stereocenters. The van der Waals surface area contributed by atoms with E-state index in [0.717, 1.165) is 18.8 Å². The molecule has 2 saturated carbocycles. The molecule has 0 saturated heterocycles. The molecule has 23 heavy (non-hydrogen) atoms. The fraction of sp³-hybridized carbons (Fsp3) is 0.571. The first-order valence-electron chi connectivity index (χ1n) is 9.18. The number of hydrogen-bond acceptors (Lipinski definition) is 2. The standard InChI is InChI=1S/C21H25NO/c1-21-9-8-15-16(18(21)6-7-20(21)23)5-4-13-12-19-14(11-17(13)15)3-2-10-22-19/h2-5,10,12,15-18,20,23H,6-9,11H2,1H3/t15-,16+,17-,18-,20-,21-/m0/s1. The summed E-state index contributed by atoms with van der Waals surface area (Å²) in [6, 6.07) is 4.31. The monoisotopic (exact) mass is 307 g/mol. The number of pyridine rings is 1. The predicted molar refractivity (Wildman–Crippen MR) is 91.6 cm³/mol. The zero-order valence-corrected chi connectivity index (χ0v) is 13.8. The van der Waals surface area contributed by atoms with Crippen molar-refractivity contribution in [1.29, 1.82) is 0 Å². The molecule has 5 rings (SSSR count). The first-order valence-corrected chi connectivity index (χ1v) is 9.18. The van der Waals surface area contributed by atoms with Gasteiger partial charge < -0.3 is 5.11 Å². The molecule has 4 aliphatic carbocycles. The van der Waals surface area contributed by atoms with Crippen LogP contribution < -0.4 is 0 Å². The van der Waals surface area contributed by atoms with E-state index in [0.29, 0.717) is 17.8 Å². The summed E-state index contributed by atoms with van der Waals surface area (Å²) in [6.45, 7) is 2.34. The number of aromatic nitrogens is 1. The maximum absolute atomic E-state index is 10.5. The van der Waals surface area contributed by atoms with Crippen LogP contribution in [0.3, 0.4) is 0 Å². The topological polar surface area (TPSA) is 33.1 Å². The minimum Gasteiger partial charge on any atom is -0.393 e. The zero-order valence-electron chi connectivity index (χ0n) is 13.8. The maximum atomic E-state index is 10.5. The summed E-state index contributed by atoms with van der Waals surface area (Å²) in [5.41, 5.74) is 4.22. The van der Waals surface area contributed by atoms with E-state index in [4.69, 9.17) is 0 Å². The van der Waals surface area contributed by atoms with Crippen LogP contribution in [-0.2, 0) is 6.42 Å². The largest absolute Gasteiger partial charge is 0.393 e. The second-order valence-electron chi connectivity index (χ2n) is 8.35. The molecule has 1 aromatic heterocycles. The van der Waals surface area contributed by atoms with Crippen molar-refractivity contribution in [3.63, 3.8) is 0 Å². The second kappa shape index (κ2) is 4.80. The Morgan fingerprint density at radius 3 is 3.09 bits per heavy atom. The van der Waals surface area contributed by atoms with Crippen LogP contribution in [0.2, 0.25) is 0 Å². The van der Waals surface area contributed by atoms with Gasteiger partial charge in [-0.2, -0.15) is 0 Å². The number of allylic oxidation sites excluding steroid dienone is 3. The van der Waals surface area contributed by atoms with Gasteiger partial charge >= 0.3 is 0 Å². The molecule has 120 valence electrons. The van der Waals surface area contributed by atoms with Crippen LogP contribution in [-0.4, -0.2) is 16.2 Å². The Balaban J connectivity index is 1.53. The van der Waals surface area contributed by atoms with Crippen LogP contribution in [0.4, 0.5) is 0 Å². The van der Waals surface area contributed by atoms with Crippen molar-refractivity contribution in [3.8, 4) is 0 Å². The van der Waals surface area contributed by atoms with E-state index >= 15 is 0 Å². The molecular formula is C21H25NO. The fourth-order valence-electron chi connectivity index (χ4n) is 6.11. The normalized spacial score (nSPS) is 43.9. The summed E-state index contributed by atoms with van der Waals surface area (Å²) < 4.78 is 0. The first kappa shape index (κ1) is 14.0. The fourth-order valence-corrected chi connectivity index (χ4v) is 6.11. The minimum atomic E-state index is -0.0879. The Morgan fingerprint density at radius 2 is 2.17 bits per heavy atom. The second-order valence-corrected chi connectivity index (χ2v) is 8.35. The third-order valence-electron chi connectivity index (χ3n) is 7.46. The Hall–Kier alpha value is -1.41. The van der Waals surface area contributed by atoms with Crippen LogP contribution in [0.1, 0.15) is 43.9 Å². The van der Waals surface area contributed by atoms with Crippen LogP contribution in [0.5, 0.6) is 0 Å². The summed E-state index contributed by atoms with van der Waals surface area (Å²) in [5, 5.41) is 10.5. The van der Waals surface area contributed by atoms with Crippen molar-refractivity contribution in [2.24, 2.45) is 29.1 Å². The first-order chi connectivity index (χ1) is 11.2. The Morgan fingerprint density at radius 1 is 1.26 bits per heavy atom. The summed E-state index contributed by atoms with van der Waals surface area (Å²) in [5.74, 6) is 2.74. The van der Waals surface area contributed by atoms with Crippen molar-refractivity contribution < 1.29 is 5.11 Å². The smallest absolute Gasteiger partial charge is 0.0664 e. The molecule has 0 unspecified atom stereocenters. The zero-order chi connectivity index (χ0) is 15.6. The van der Waals surface area contributed by atoms with Crippen molar-refractivity contribution in [2.45, 2.75) is 45.1 Å². The Kier molecular flexibility index (Phi) is 2.91. The highest BCUT2D eigenvalue weighted by Crippen LogP contribution is 2.60. The van der Waals surface area contributed by atoms with E-state index in [2.05, 4.69) is 42.3 Å². The van der Waals surface area contributed by atoms with E-state index in [1.54, 1.807) is 0 Å². The third kappa shape index (κ3) is 1.88. The van der Waals surface area contributed by atoms with Crippen LogP contribution in [0.25, 0.3) is 6.08 Å². The molecule has 4 aliphatic rings. The van der Waals surface area contributed by atoms with Gasteiger partial charge in [-0.3, -0.25) is 4.98 Å². The molecule has 0 bridgehead atoms. The van der Waals surface area contributed by atoms with Crippen LogP contribution in [0, 0.1) is 29.1 Å². The van der Waals surface area contributed by atoms with Gasteiger partial charge in [0.15, 0.2) is 0 Å². The highest BCUT2D eigenvalue weighted by molar-refractivity contribution is 5.60. The number of aliphatic hydroxyl groups excluding tert-OH is 1. The van der Waals surface area contributed by atoms with Gasteiger partial charge in [0.25, 0.3) is 0 Å². The number of aliphatic hydroxyl groups is 1. The predicted octanol–water partition coefficient (Wildman–Crippen LogP) is 4.01. The molecule has 0 spiro atoms. The molecule has 0 amide bonds. The van der Waals surface area contributed by atoms with Gasteiger partial charge in [-0.05, 0) is 84.5 Å². The molecule has 2 heteroatoms. The lowest BCUT2D eigenvalue weighted by molar-refractivity contribution is -0.0300. The van der Waals surface area contributed by atoms with Crippen molar-refractivity contribution in [2.75, 3.05) is 0 Å². The average molecular weight is 307 g/mol. The Labute approximate surface area is 138 Å². The molecule has 2 fully saturated rings. The van der Waals surface area contributed by atoms with Gasteiger partial charge in [0, 0.05) is 6.20 Å². The molecule has 0 radical (unpaired) electrons. The number of rotatable bonds is 0. The Bertz CT molecular complexity index is 706. The average Bonchev–Trinajstić information content (AvgIpc) is 2.88. The molecule has 1 heterocycles. The van der Waals surface area contributed by atoms with E-state index in [9.17, 15) is 5.11 Å². The molecule has 2 nitrogen and oxygen atoms in total. The van der Waals surface area contributed by atoms with E-state index in [1.165, 1.54) is 36.1 Å². The maximum Gasteiger partial charge on any atom is 0.0664 e. The molecule has 1 aromatic rings.